The predicted molar refractivity (Wildman–Crippen MR) is 116 cm³/mol. The molecule has 2 aromatic carbocycles. The number of carbonyl (C=O) groups is 1. The van der Waals surface area contributed by atoms with E-state index in [0.717, 1.165) is 22.6 Å². The van der Waals surface area contributed by atoms with Crippen molar-refractivity contribution >= 4 is 23.4 Å². The van der Waals surface area contributed by atoms with Crippen molar-refractivity contribution in [2.45, 2.75) is 38.5 Å². The molecule has 1 N–H and O–H groups in total. The minimum absolute atomic E-state index is 0.0661. The molecule has 0 aliphatic carbocycles. The number of thioether (sulfide) groups is 1. The van der Waals surface area contributed by atoms with Gasteiger partial charge in [0.1, 0.15) is 12.4 Å². The monoisotopic (exact) mass is 410 g/mol. The molecule has 3 aromatic rings. The number of nitrogens with one attached hydrogen (secondary N) is 1. The average Bonchev–Trinajstić information content (AvgIpc) is 3.05. The third kappa shape index (κ3) is 5.60. The summed E-state index contributed by atoms with van der Waals surface area (Å²) in [7, 11) is 1.88. The van der Waals surface area contributed by atoms with Crippen LogP contribution in [0.1, 0.15) is 36.7 Å². The molecule has 0 radical (unpaired) electrons. The molecule has 0 aliphatic rings. The van der Waals surface area contributed by atoms with Crippen LogP contribution in [0, 0.1) is 6.92 Å². The summed E-state index contributed by atoms with van der Waals surface area (Å²) < 4.78 is 7.65. The Morgan fingerprint density at radius 2 is 1.97 bits per heavy atom. The predicted octanol–water partition coefficient (Wildman–Crippen LogP) is 4.56. The molecule has 0 atom stereocenters. The Hall–Kier alpha value is -2.80. The first-order valence-electron chi connectivity index (χ1n) is 9.53. The van der Waals surface area contributed by atoms with Crippen molar-refractivity contribution in [3.63, 3.8) is 0 Å². The van der Waals surface area contributed by atoms with Crippen molar-refractivity contribution in [1.82, 2.24) is 14.8 Å². The maximum atomic E-state index is 12.4. The third-order valence-corrected chi connectivity index (χ3v) is 5.49. The molecule has 1 aromatic heterocycles. The van der Waals surface area contributed by atoms with Crippen LogP contribution in [0.5, 0.6) is 5.75 Å². The van der Waals surface area contributed by atoms with Gasteiger partial charge in [-0.25, -0.2) is 0 Å². The van der Waals surface area contributed by atoms with E-state index in [1.807, 2.05) is 67.1 Å². The number of para-hydroxylation sites is 1. The van der Waals surface area contributed by atoms with E-state index in [2.05, 4.69) is 29.4 Å². The zero-order valence-electron chi connectivity index (χ0n) is 17.2. The highest BCUT2D eigenvalue weighted by Gasteiger charge is 2.14. The van der Waals surface area contributed by atoms with Crippen LogP contribution in [0.3, 0.4) is 0 Å². The molecule has 0 saturated carbocycles. The summed E-state index contributed by atoms with van der Waals surface area (Å²) in [6, 6.07) is 15.8. The van der Waals surface area contributed by atoms with Gasteiger partial charge in [0.15, 0.2) is 11.0 Å². The highest BCUT2D eigenvalue weighted by molar-refractivity contribution is 7.99. The van der Waals surface area contributed by atoms with Gasteiger partial charge in [-0.05, 0) is 42.2 Å². The summed E-state index contributed by atoms with van der Waals surface area (Å²) in [6.45, 7) is 6.56. The molecule has 0 aliphatic heterocycles. The average molecular weight is 411 g/mol. The van der Waals surface area contributed by atoms with E-state index >= 15 is 0 Å². The number of carbonyl (C=O) groups excluding carboxylic acids is 1. The van der Waals surface area contributed by atoms with Crippen molar-refractivity contribution < 1.29 is 9.53 Å². The SMILES string of the molecule is Cc1cccc(OCc2nnc(SCC(=O)Nc3ccccc3C(C)C)n2C)c1. The standard InChI is InChI=1S/C22H26N4O2S/c1-15(2)18-10-5-6-11-19(18)23-21(27)14-29-22-25-24-20(26(22)4)13-28-17-9-7-8-16(3)12-17/h5-12,15H,13-14H2,1-4H3,(H,23,27). The lowest BCUT2D eigenvalue weighted by molar-refractivity contribution is -0.113. The summed E-state index contributed by atoms with van der Waals surface area (Å²) in [4.78, 5) is 12.4. The number of rotatable bonds is 8. The lowest BCUT2D eigenvalue weighted by Crippen LogP contribution is -2.16. The summed E-state index contributed by atoms with van der Waals surface area (Å²) in [6.07, 6.45) is 0. The third-order valence-electron chi connectivity index (χ3n) is 4.47. The van der Waals surface area contributed by atoms with E-state index in [-0.39, 0.29) is 11.7 Å². The van der Waals surface area contributed by atoms with Crippen LogP contribution >= 0.6 is 11.8 Å². The Morgan fingerprint density at radius 1 is 1.17 bits per heavy atom. The number of anilines is 1. The van der Waals surface area contributed by atoms with Gasteiger partial charge in [-0.15, -0.1) is 10.2 Å². The molecular formula is C22H26N4O2S. The molecule has 6 nitrogen and oxygen atoms in total. The summed E-state index contributed by atoms with van der Waals surface area (Å²) in [5.41, 5.74) is 3.13. The fraction of sp³-hybridized carbons (Fsp3) is 0.318. The highest BCUT2D eigenvalue weighted by atomic mass is 32.2. The minimum atomic E-state index is -0.0661. The molecule has 0 saturated heterocycles. The fourth-order valence-corrected chi connectivity index (χ4v) is 3.61. The van der Waals surface area contributed by atoms with Gasteiger partial charge in [0.05, 0.1) is 5.75 Å². The van der Waals surface area contributed by atoms with Crippen molar-refractivity contribution in [3.05, 3.63) is 65.5 Å². The van der Waals surface area contributed by atoms with Gasteiger partial charge in [-0.1, -0.05) is 55.9 Å². The zero-order valence-corrected chi connectivity index (χ0v) is 18.0. The smallest absolute Gasteiger partial charge is 0.234 e. The van der Waals surface area contributed by atoms with Crippen LogP contribution in [0.15, 0.2) is 53.7 Å². The Balaban J connectivity index is 1.55. The lowest BCUT2D eigenvalue weighted by Gasteiger charge is -2.13. The Bertz CT molecular complexity index is 984. The van der Waals surface area contributed by atoms with Gasteiger partial charge in [0.2, 0.25) is 5.91 Å². The maximum Gasteiger partial charge on any atom is 0.234 e. The first-order chi connectivity index (χ1) is 13.9. The minimum Gasteiger partial charge on any atom is -0.486 e. The van der Waals surface area contributed by atoms with E-state index in [0.29, 0.717) is 23.5 Å². The molecular weight excluding hydrogens is 384 g/mol. The van der Waals surface area contributed by atoms with Crippen LogP contribution in [-0.4, -0.2) is 26.4 Å². The molecule has 0 fully saturated rings. The Morgan fingerprint density at radius 3 is 2.72 bits per heavy atom. The van der Waals surface area contributed by atoms with Gasteiger partial charge in [-0.2, -0.15) is 0 Å². The number of aryl methyl sites for hydroxylation is 1. The van der Waals surface area contributed by atoms with Gasteiger partial charge in [0, 0.05) is 12.7 Å². The quantitative estimate of drug-likeness (QED) is 0.552. The topological polar surface area (TPSA) is 69.0 Å². The van der Waals surface area contributed by atoms with Crippen molar-refractivity contribution in [2.24, 2.45) is 7.05 Å². The van der Waals surface area contributed by atoms with Crippen LogP contribution < -0.4 is 10.1 Å². The van der Waals surface area contributed by atoms with Crippen molar-refractivity contribution in [2.75, 3.05) is 11.1 Å². The van der Waals surface area contributed by atoms with Crippen LogP contribution in [-0.2, 0) is 18.4 Å². The highest BCUT2D eigenvalue weighted by Crippen LogP contribution is 2.24. The van der Waals surface area contributed by atoms with Gasteiger partial charge < -0.3 is 14.6 Å². The molecule has 3 rings (SSSR count). The van der Waals surface area contributed by atoms with E-state index < -0.39 is 0 Å². The summed E-state index contributed by atoms with van der Waals surface area (Å²) in [5, 5.41) is 12.1. The normalized spacial score (nSPS) is 10.9. The fourth-order valence-electron chi connectivity index (χ4n) is 2.88. The summed E-state index contributed by atoms with van der Waals surface area (Å²) >= 11 is 1.36. The first kappa shape index (κ1) is 20.9. The van der Waals surface area contributed by atoms with E-state index in [1.54, 1.807) is 0 Å². The Labute approximate surface area is 175 Å². The van der Waals surface area contributed by atoms with Gasteiger partial charge in [0.25, 0.3) is 0 Å². The summed E-state index contributed by atoms with van der Waals surface area (Å²) in [5.74, 6) is 2.04. The zero-order chi connectivity index (χ0) is 20.8. The molecule has 29 heavy (non-hydrogen) atoms. The molecule has 0 bridgehead atoms. The maximum absolute atomic E-state index is 12.4. The largest absolute Gasteiger partial charge is 0.486 e. The van der Waals surface area contributed by atoms with Crippen molar-refractivity contribution in [1.29, 1.82) is 0 Å². The van der Waals surface area contributed by atoms with Crippen LogP contribution in [0.25, 0.3) is 0 Å². The number of amides is 1. The second-order valence-electron chi connectivity index (χ2n) is 7.14. The first-order valence-corrected chi connectivity index (χ1v) is 10.5. The molecule has 0 unspecified atom stereocenters. The molecule has 152 valence electrons. The molecule has 0 spiro atoms. The lowest BCUT2D eigenvalue weighted by atomic mass is 10.0. The Kier molecular flexibility index (Phi) is 6.93. The van der Waals surface area contributed by atoms with Gasteiger partial charge in [-0.3, -0.25) is 4.79 Å². The van der Waals surface area contributed by atoms with E-state index in [9.17, 15) is 4.79 Å². The van der Waals surface area contributed by atoms with Crippen LogP contribution in [0.2, 0.25) is 0 Å². The second-order valence-corrected chi connectivity index (χ2v) is 8.08. The van der Waals surface area contributed by atoms with Crippen molar-refractivity contribution in [3.8, 4) is 5.75 Å². The number of hydrogen-bond donors (Lipinski definition) is 1. The van der Waals surface area contributed by atoms with Crippen LogP contribution in [0.4, 0.5) is 5.69 Å². The van der Waals surface area contributed by atoms with E-state index in [4.69, 9.17) is 4.74 Å². The molecule has 1 amide bonds. The number of ether oxygens (including phenoxy) is 1. The number of benzene rings is 2. The molecule has 1 heterocycles. The number of aromatic nitrogens is 3. The molecule has 7 heteroatoms. The number of nitrogens with zero attached hydrogens (tertiary/aromatic N) is 3. The van der Waals surface area contributed by atoms with E-state index in [1.165, 1.54) is 11.8 Å². The second kappa shape index (κ2) is 9.60. The number of hydrogen-bond acceptors (Lipinski definition) is 5. The van der Waals surface area contributed by atoms with Gasteiger partial charge >= 0.3 is 0 Å².